The fraction of sp³-hybridized carbons (Fsp3) is 0.429. The van der Waals surface area contributed by atoms with Crippen molar-refractivity contribution in [2.24, 2.45) is 0 Å². The Kier molecular flexibility index (Phi) is 8.49. The number of carboxylic acid groups (broad SMARTS) is 1. The summed E-state index contributed by atoms with van der Waals surface area (Å²) < 4.78 is 0. The fourth-order valence-corrected chi connectivity index (χ4v) is 0.489. The minimum atomic E-state index is -0.879. The second-order valence-corrected chi connectivity index (χ2v) is 1.57. The Morgan fingerprint density at radius 2 is 2.20 bits per heavy atom. The second-order valence-electron chi connectivity index (χ2n) is 1.57. The average molecular weight is 323 g/mol. The molecule has 0 bridgehead atoms. The minimum Gasteiger partial charge on any atom is -0.477 e. The van der Waals surface area contributed by atoms with Crippen LogP contribution in [0, 0.1) is 0 Å². The topological polar surface area (TPSA) is 37.3 Å². The van der Waals surface area contributed by atoms with E-state index in [9.17, 15) is 4.79 Å². The minimum absolute atomic E-state index is 0. The summed E-state index contributed by atoms with van der Waals surface area (Å²) >= 11 is 0. The van der Waals surface area contributed by atoms with Crippen LogP contribution in [0.5, 0.6) is 0 Å². The van der Waals surface area contributed by atoms with Gasteiger partial charge in [-0.15, -0.1) is 5.73 Å². The Balaban J connectivity index is 0. The van der Waals surface area contributed by atoms with Gasteiger partial charge >= 0.3 is 5.97 Å². The van der Waals surface area contributed by atoms with Crippen molar-refractivity contribution < 1.29 is 32.3 Å². The van der Waals surface area contributed by atoms with Crippen LogP contribution < -0.4 is 0 Å². The normalized spacial score (nSPS) is 7.00. The largest absolute Gasteiger partial charge is 0.477 e. The first-order valence-electron chi connectivity index (χ1n) is 2.85. The molecule has 0 aromatic rings. The van der Waals surface area contributed by atoms with Crippen LogP contribution in [-0.4, -0.2) is 11.1 Å². The molecule has 0 fully saturated rings. The van der Waals surface area contributed by atoms with E-state index in [2.05, 4.69) is 5.73 Å². The van der Waals surface area contributed by atoms with Crippen molar-refractivity contribution in [3.8, 4) is 0 Å². The van der Waals surface area contributed by atoms with Crippen molar-refractivity contribution in [1.82, 2.24) is 0 Å². The monoisotopic (exact) mass is 323 g/mol. The Morgan fingerprint density at radius 1 is 1.70 bits per heavy atom. The quantitative estimate of drug-likeness (QED) is 0.476. The molecule has 0 aromatic carbocycles. The number of hydrogen-bond acceptors (Lipinski definition) is 1. The van der Waals surface area contributed by atoms with Crippen molar-refractivity contribution >= 4 is 5.97 Å². The fourth-order valence-electron chi connectivity index (χ4n) is 0.489. The van der Waals surface area contributed by atoms with Gasteiger partial charge in [0.05, 0.1) is 5.57 Å². The summed E-state index contributed by atoms with van der Waals surface area (Å²) in [7, 11) is 0. The van der Waals surface area contributed by atoms with Gasteiger partial charge < -0.3 is 5.11 Å². The van der Waals surface area contributed by atoms with Gasteiger partial charge in [0.25, 0.3) is 0 Å². The number of carbonyl (C=O) groups is 1. The molecule has 0 heterocycles. The van der Waals surface area contributed by atoms with Crippen molar-refractivity contribution in [1.29, 1.82) is 0 Å². The van der Waals surface area contributed by atoms with Crippen LogP contribution in [0.3, 0.4) is 0 Å². The van der Waals surface area contributed by atoms with Gasteiger partial charge in [-0.3, -0.25) is 0 Å². The predicted octanol–water partition coefficient (Wildman–Crippen LogP) is 1.58. The molecule has 2 nitrogen and oxygen atoms in total. The molecule has 0 aliphatic carbocycles. The van der Waals surface area contributed by atoms with Gasteiger partial charge in [0.15, 0.2) is 0 Å². The molecule has 0 aliphatic heterocycles. The van der Waals surface area contributed by atoms with Crippen LogP contribution in [0.2, 0.25) is 0 Å². The molecule has 0 spiro atoms. The third kappa shape index (κ3) is 4.59. The Bertz CT molecular complexity index is 166. The van der Waals surface area contributed by atoms with E-state index in [-0.39, 0.29) is 22.4 Å². The first kappa shape index (κ1) is 12.4. The molecule has 0 amide bonds. The van der Waals surface area contributed by atoms with Crippen LogP contribution in [-0.2, 0) is 27.2 Å². The summed E-state index contributed by atoms with van der Waals surface area (Å²) in [5.74, 6) is -0.879. The van der Waals surface area contributed by atoms with Crippen molar-refractivity contribution in [2.75, 3.05) is 0 Å². The molecular formula is C7H10AuO2. The number of carboxylic acids is 1. The predicted molar refractivity (Wildman–Crippen MR) is 35.2 cm³/mol. The SMILES string of the molecule is CC=C=C(CC)C(=O)O.[Au]. The van der Waals surface area contributed by atoms with Gasteiger partial charge in [0.2, 0.25) is 0 Å². The van der Waals surface area contributed by atoms with Crippen molar-refractivity contribution in [3.63, 3.8) is 0 Å². The molecule has 1 radical (unpaired) electrons. The van der Waals surface area contributed by atoms with Crippen LogP contribution >= 0.6 is 0 Å². The van der Waals surface area contributed by atoms with Gasteiger partial charge in [-0.1, -0.05) is 6.92 Å². The zero-order chi connectivity index (χ0) is 7.28. The maximum Gasteiger partial charge on any atom is 0.339 e. The van der Waals surface area contributed by atoms with Crippen LogP contribution in [0.1, 0.15) is 20.3 Å². The van der Waals surface area contributed by atoms with Crippen LogP contribution in [0.4, 0.5) is 0 Å². The van der Waals surface area contributed by atoms with E-state index in [4.69, 9.17) is 5.11 Å². The first-order valence-corrected chi connectivity index (χ1v) is 2.85. The number of hydrogen-bond donors (Lipinski definition) is 1. The Labute approximate surface area is 76.1 Å². The summed E-state index contributed by atoms with van der Waals surface area (Å²) in [5.41, 5.74) is 2.95. The van der Waals surface area contributed by atoms with E-state index in [0.29, 0.717) is 12.0 Å². The molecule has 0 atom stereocenters. The Morgan fingerprint density at radius 3 is 2.30 bits per heavy atom. The van der Waals surface area contributed by atoms with Gasteiger partial charge in [-0.25, -0.2) is 4.79 Å². The van der Waals surface area contributed by atoms with E-state index in [1.165, 1.54) is 0 Å². The zero-order valence-corrected chi connectivity index (χ0v) is 8.11. The molecule has 0 aromatic heterocycles. The molecular weight excluding hydrogens is 313 g/mol. The molecule has 1 N–H and O–H groups in total. The molecule has 61 valence electrons. The summed E-state index contributed by atoms with van der Waals surface area (Å²) in [5, 5.41) is 8.38. The van der Waals surface area contributed by atoms with Gasteiger partial charge in [-0.2, -0.15) is 0 Å². The third-order valence-electron chi connectivity index (χ3n) is 0.930. The molecule has 0 saturated carbocycles. The molecule has 0 rings (SSSR count). The number of rotatable bonds is 2. The van der Waals surface area contributed by atoms with Crippen LogP contribution in [0.15, 0.2) is 17.4 Å². The zero-order valence-electron chi connectivity index (χ0n) is 5.94. The average Bonchev–Trinajstić information content (AvgIpc) is 1.82. The third-order valence-corrected chi connectivity index (χ3v) is 0.930. The van der Waals surface area contributed by atoms with E-state index in [0.717, 1.165) is 0 Å². The van der Waals surface area contributed by atoms with Gasteiger partial charge in [0.1, 0.15) is 0 Å². The van der Waals surface area contributed by atoms with Gasteiger partial charge in [-0.05, 0) is 19.4 Å². The molecule has 0 unspecified atom stereocenters. The van der Waals surface area contributed by atoms with Crippen molar-refractivity contribution in [2.45, 2.75) is 20.3 Å². The molecule has 0 aliphatic rings. The van der Waals surface area contributed by atoms with Crippen molar-refractivity contribution in [3.05, 3.63) is 17.4 Å². The number of aliphatic carboxylic acids is 1. The summed E-state index contributed by atoms with van der Waals surface area (Å²) in [6.07, 6.45) is 2.13. The summed E-state index contributed by atoms with van der Waals surface area (Å²) in [6, 6.07) is 0. The standard InChI is InChI=1S/C7H10O2.Au/c1-3-5-6(4-2)7(8)9;/h3H,4H2,1-2H3,(H,8,9);. The van der Waals surface area contributed by atoms with E-state index >= 15 is 0 Å². The van der Waals surface area contributed by atoms with Gasteiger partial charge in [0, 0.05) is 22.4 Å². The second kappa shape index (κ2) is 6.84. The van der Waals surface area contributed by atoms with E-state index in [1.54, 1.807) is 19.9 Å². The first-order chi connectivity index (χ1) is 4.22. The summed E-state index contributed by atoms with van der Waals surface area (Å²) in [4.78, 5) is 10.2. The maximum absolute atomic E-state index is 10.2. The Hall–Kier alpha value is -0.270. The molecule has 3 heteroatoms. The maximum atomic E-state index is 10.2. The molecule has 10 heavy (non-hydrogen) atoms. The summed E-state index contributed by atoms with van der Waals surface area (Å²) in [6.45, 7) is 3.54. The van der Waals surface area contributed by atoms with E-state index in [1.807, 2.05) is 0 Å². The molecule has 0 saturated heterocycles. The van der Waals surface area contributed by atoms with E-state index < -0.39 is 5.97 Å². The van der Waals surface area contributed by atoms with Crippen LogP contribution in [0.25, 0.3) is 0 Å². The smallest absolute Gasteiger partial charge is 0.339 e.